The van der Waals surface area contributed by atoms with Crippen LogP contribution in [0.2, 0.25) is 0 Å². The summed E-state index contributed by atoms with van der Waals surface area (Å²) in [4.78, 5) is 8.25. The topological polar surface area (TPSA) is 93.1 Å². The zero-order chi connectivity index (χ0) is 26.1. The van der Waals surface area contributed by atoms with Crippen LogP contribution >= 0.6 is 12.2 Å². The van der Waals surface area contributed by atoms with Crippen LogP contribution in [-0.2, 0) is 23.5 Å². The minimum Gasteiger partial charge on any atom is -0.493 e. The van der Waals surface area contributed by atoms with Crippen LogP contribution in [0, 0.1) is 4.64 Å². The SMILES string of the molecule is CCCc1nn(C)c2c(=S)nc(-c3cc(S(=O)(=O)N4CC[N+](CC)(CC)CC4)ccc3OCC)[nH]c12. The van der Waals surface area contributed by atoms with E-state index >= 15 is 0 Å². The molecule has 0 aliphatic carbocycles. The number of likely N-dealkylation sites (N-methyl/N-ethyl adjacent to an activating group) is 1. The van der Waals surface area contributed by atoms with Crippen LogP contribution in [0.1, 0.15) is 39.8 Å². The molecule has 1 fully saturated rings. The third-order valence-electron chi connectivity index (χ3n) is 7.40. The Bertz CT molecular complexity index is 1400. The molecule has 36 heavy (non-hydrogen) atoms. The van der Waals surface area contributed by atoms with E-state index in [4.69, 9.17) is 17.0 Å². The fraction of sp³-hybridized carbons (Fsp3) is 0.560. The van der Waals surface area contributed by atoms with Crippen molar-refractivity contribution in [3.05, 3.63) is 28.5 Å². The van der Waals surface area contributed by atoms with Crippen LogP contribution in [0.15, 0.2) is 23.1 Å². The average molecular weight is 534 g/mol. The summed E-state index contributed by atoms with van der Waals surface area (Å²) in [7, 11) is -1.82. The highest BCUT2D eigenvalue weighted by Gasteiger charge is 2.36. The van der Waals surface area contributed by atoms with Crippen molar-refractivity contribution >= 4 is 33.3 Å². The van der Waals surface area contributed by atoms with Gasteiger partial charge in [-0.3, -0.25) is 4.68 Å². The van der Waals surface area contributed by atoms with Crippen LogP contribution in [-0.4, -0.2) is 82.8 Å². The number of aromatic amines is 1. The van der Waals surface area contributed by atoms with E-state index in [9.17, 15) is 8.42 Å². The van der Waals surface area contributed by atoms with Gasteiger partial charge in [0.25, 0.3) is 0 Å². The van der Waals surface area contributed by atoms with Gasteiger partial charge in [-0.1, -0.05) is 25.6 Å². The molecule has 0 saturated carbocycles. The molecule has 1 N–H and O–H groups in total. The smallest absolute Gasteiger partial charge is 0.243 e. The number of nitrogens with zero attached hydrogens (tertiary/aromatic N) is 5. The Labute approximate surface area is 218 Å². The molecule has 0 unspecified atom stereocenters. The fourth-order valence-corrected chi connectivity index (χ4v) is 6.82. The first kappa shape index (κ1) is 26.7. The molecular weight excluding hydrogens is 496 g/mol. The molecule has 1 aliphatic rings. The first-order chi connectivity index (χ1) is 17.2. The number of fused-ring (bicyclic) bond motifs is 1. The van der Waals surface area contributed by atoms with Gasteiger partial charge in [-0.2, -0.15) is 9.40 Å². The van der Waals surface area contributed by atoms with Gasteiger partial charge in [0.05, 0.1) is 67.5 Å². The predicted octanol–water partition coefficient (Wildman–Crippen LogP) is 3.90. The minimum atomic E-state index is -3.67. The average Bonchev–Trinajstić information content (AvgIpc) is 3.20. The monoisotopic (exact) mass is 533 g/mol. The van der Waals surface area contributed by atoms with Crippen molar-refractivity contribution in [2.75, 3.05) is 45.9 Å². The van der Waals surface area contributed by atoms with E-state index in [0.29, 0.717) is 41.5 Å². The molecule has 0 atom stereocenters. The van der Waals surface area contributed by atoms with E-state index in [1.807, 2.05) is 14.0 Å². The van der Waals surface area contributed by atoms with Crippen molar-refractivity contribution in [3.63, 3.8) is 0 Å². The van der Waals surface area contributed by atoms with Crippen LogP contribution in [0.25, 0.3) is 22.4 Å². The number of sulfonamides is 1. The quantitative estimate of drug-likeness (QED) is 0.331. The van der Waals surface area contributed by atoms with Gasteiger partial charge in [-0.15, -0.1) is 0 Å². The van der Waals surface area contributed by atoms with Gasteiger partial charge in [0, 0.05) is 7.05 Å². The molecule has 3 aromatic rings. The Morgan fingerprint density at radius 1 is 1.14 bits per heavy atom. The highest BCUT2D eigenvalue weighted by atomic mass is 32.2. The van der Waals surface area contributed by atoms with Crippen molar-refractivity contribution in [2.24, 2.45) is 7.05 Å². The summed E-state index contributed by atoms with van der Waals surface area (Å²) in [5, 5.41) is 4.62. The van der Waals surface area contributed by atoms with E-state index in [0.717, 1.165) is 60.2 Å². The largest absolute Gasteiger partial charge is 0.493 e. The summed E-state index contributed by atoms with van der Waals surface area (Å²) in [5.74, 6) is 1.03. The number of piperazine rings is 1. The number of quaternary nitrogens is 1. The Kier molecular flexibility index (Phi) is 7.84. The second-order valence-corrected chi connectivity index (χ2v) is 11.7. The predicted molar refractivity (Wildman–Crippen MR) is 144 cm³/mol. The van der Waals surface area contributed by atoms with Crippen LogP contribution in [0.5, 0.6) is 5.75 Å². The Hall–Kier alpha value is -2.34. The molecule has 0 bridgehead atoms. The van der Waals surface area contributed by atoms with Crippen LogP contribution < -0.4 is 4.74 Å². The van der Waals surface area contributed by atoms with E-state index < -0.39 is 10.0 Å². The van der Waals surface area contributed by atoms with Gasteiger partial charge >= 0.3 is 0 Å². The number of rotatable bonds is 9. The number of ether oxygens (including phenoxy) is 1. The van der Waals surface area contributed by atoms with Gasteiger partial charge < -0.3 is 14.2 Å². The van der Waals surface area contributed by atoms with E-state index in [1.165, 1.54) is 0 Å². The van der Waals surface area contributed by atoms with Gasteiger partial charge in [0.1, 0.15) is 17.1 Å². The molecule has 3 heterocycles. The summed E-state index contributed by atoms with van der Waals surface area (Å²) >= 11 is 5.63. The zero-order valence-electron chi connectivity index (χ0n) is 21.9. The standard InChI is InChI=1S/C25H36N6O3S2/c1-6-10-20-22-23(29(5)28-20)25(35)27-24(26-22)19-17-18(11-12-21(19)34-9-4)36(32,33)30-13-15-31(7-2,8-3)16-14-30/h11-12,17H,6-10,13-16H2,1-5H3/p+1. The van der Waals surface area contributed by atoms with Crippen molar-refractivity contribution < 1.29 is 17.6 Å². The molecule has 0 radical (unpaired) electrons. The normalized spacial score (nSPS) is 16.5. The van der Waals surface area contributed by atoms with Gasteiger partial charge in [0.2, 0.25) is 10.0 Å². The minimum absolute atomic E-state index is 0.232. The number of nitrogens with one attached hydrogen (secondary N) is 1. The second-order valence-electron chi connectivity index (χ2n) is 9.35. The van der Waals surface area contributed by atoms with E-state index in [-0.39, 0.29) is 4.90 Å². The molecule has 4 rings (SSSR count). The summed E-state index contributed by atoms with van der Waals surface area (Å²) < 4.78 is 37.9. The second kappa shape index (κ2) is 10.6. The molecule has 11 heteroatoms. The summed E-state index contributed by atoms with van der Waals surface area (Å²) in [6.45, 7) is 13.5. The number of hydrogen-bond donors (Lipinski definition) is 1. The Morgan fingerprint density at radius 2 is 1.83 bits per heavy atom. The Balaban J connectivity index is 1.79. The molecule has 0 amide bonds. The van der Waals surface area contributed by atoms with Crippen molar-refractivity contribution in [2.45, 2.75) is 45.4 Å². The third-order valence-corrected chi connectivity index (χ3v) is 9.58. The zero-order valence-corrected chi connectivity index (χ0v) is 23.5. The summed E-state index contributed by atoms with van der Waals surface area (Å²) in [5.41, 5.74) is 3.07. The maximum atomic E-state index is 13.7. The molecule has 1 aromatic carbocycles. The number of hydrogen-bond acceptors (Lipinski definition) is 6. The highest BCUT2D eigenvalue weighted by molar-refractivity contribution is 7.89. The van der Waals surface area contributed by atoms with Crippen LogP contribution in [0.4, 0.5) is 0 Å². The van der Waals surface area contributed by atoms with Gasteiger partial charge in [0.15, 0.2) is 4.64 Å². The lowest BCUT2D eigenvalue weighted by Crippen LogP contribution is -2.60. The first-order valence-electron chi connectivity index (χ1n) is 12.8. The van der Waals surface area contributed by atoms with Crippen molar-refractivity contribution in [1.82, 2.24) is 24.1 Å². The lowest BCUT2D eigenvalue weighted by molar-refractivity contribution is -0.928. The lowest BCUT2D eigenvalue weighted by Gasteiger charge is -2.43. The number of H-pyrrole nitrogens is 1. The first-order valence-corrected chi connectivity index (χ1v) is 14.6. The van der Waals surface area contributed by atoms with Crippen molar-refractivity contribution in [3.8, 4) is 17.1 Å². The molecule has 0 spiro atoms. The Morgan fingerprint density at radius 3 is 2.44 bits per heavy atom. The van der Waals surface area contributed by atoms with Gasteiger partial charge in [-0.05, 0) is 45.4 Å². The molecule has 1 aliphatic heterocycles. The maximum Gasteiger partial charge on any atom is 0.243 e. The number of aryl methyl sites for hydroxylation is 2. The summed E-state index contributed by atoms with van der Waals surface area (Å²) in [6.07, 6.45) is 1.73. The number of aromatic nitrogens is 4. The van der Waals surface area contributed by atoms with Gasteiger partial charge in [-0.25, -0.2) is 13.4 Å². The summed E-state index contributed by atoms with van der Waals surface area (Å²) in [6, 6.07) is 5.00. The molecule has 196 valence electrons. The van der Waals surface area contributed by atoms with Crippen molar-refractivity contribution in [1.29, 1.82) is 0 Å². The fourth-order valence-electron chi connectivity index (χ4n) is 5.05. The highest BCUT2D eigenvalue weighted by Crippen LogP contribution is 2.33. The van der Waals surface area contributed by atoms with E-state index in [1.54, 1.807) is 27.2 Å². The van der Waals surface area contributed by atoms with E-state index in [2.05, 4.69) is 35.8 Å². The maximum absolute atomic E-state index is 13.7. The molecule has 9 nitrogen and oxygen atoms in total. The lowest BCUT2D eigenvalue weighted by atomic mass is 10.1. The molecular formula is C25H37N6O3S2+. The molecule has 2 aromatic heterocycles. The van der Waals surface area contributed by atoms with Crippen LogP contribution in [0.3, 0.4) is 0 Å². The number of benzene rings is 1. The molecule has 1 saturated heterocycles. The third kappa shape index (κ3) is 4.81.